The Morgan fingerprint density at radius 3 is 2.47 bits per heavy atom. The van der Waals surface area contributed by atoms with Crippen molar-refractivity contribution in [2.24, 2.45) is 11.7 Å². The molecule has 2 aliphatic heterocycles. The monoisotopic (exact) mass is 239 g/mol. The Kier molecular flexibility index (Phi) is 4.83. The average Bonchev–Trinajstić information content (AvgIpc) is 2.87. The molecule has 0 bridgehead atoms. The second-order valence-corrected chi connectivity index (χ2v) is 5.99. The van der Waals surface area contributed by atoms with E-state index in [1.807, 2.05) is 0 Å². The van der Waals surface area contributed by atoms with Crippen LogP contribution in [0.3, 0.4) is 0 Å². The van der Waals surface area contributed by atoms with Crippen LogP contribution in [0.25, 0.3) is 0 Å². The molecule has 17 heavy (non-hydrogen) atoms. The summed E-state index contributed by atoms with van der Waals surface area (Å²) in [5.74, 6) is 0.620. The fourth-order valence-electron chi connectivity index (χ4n) is 3.28. The Labute approximate surface area is 106 Å². The summed E-state index contributed by atoms with van der Waals surface area (Å²) in [4.78, 5) is 5.38. The molecule has 100 valence electrons. The normalized spacial score (nSPS) is 31.6. The van der Waals surface area contributed by atoms with Crippen LogP contribution >= 0.6 is 0 Å². The van der Waals surface area contributed by atoms with Crippen molar-refractivity contribution in [3.8, 4) is 0 Å². The summed E-state index contributed by atoms with van der Waals surface area (Å²) < 4.78 is 0. The van der Waals surface area contributed by atoms with E-state index in [9.17, 15) is 0 Å². The number of rotatable bonds is 4. The molecule has 0 amide bonds. The van der Waals surface area contributed by atoms with E-state index in [2.05, 4.69) is 23.6 Å². The van der Waals surface area contributed by atoms with Gasteiger partial charge in [0.2, 0.25) is 0 Å². The number of hydrogen-bond acceptors (Lipinski definition) is 3. The van der Waals surface area contributed by atoms with Gasteiger partial charge < -0.3 is 5.73 Å². The standard InChI is InChI=1S/C14H29N3/c1-12(10-15)13(2)17-9-6-14(11-17)16-7-4-3-5-8-16/h12-14H,3-11,15H2,1-2H3. The maximum absolute atomic E-state index is 5.78. The molecule has 2 N–H and O–H groups in total. The Morgan fingerprint density at radius 1 is 1.12 bits per heavy atom. The first-order valence-electron chi connectivity index (χ1n) is 7.40. The van der Waals surface area contributed by atoms with Crippen molar-refractivity contribution in [3.05, 3.63) is 0 Å². The number of hydrogen-bond donors (Lipinski definition) is 1. The van der Waals surface area contributed by atoms with Gasteiger partial charge in [-0.05, 0) is 51.7 Å². The van der Waals surface area contributed by atoms with E-state index in [0.29, 0.717) is 12.0 Å². The van der Waals surface area contributed by atoms with Gasteiger partial charge in [-0.15, -0.1) is 0 Å². The topological polar surface area (TPSA) is 32.5 Å². The van der Waals surface area contributed by atoms with Crippen molar-refractivity contribution in [1.29, 1.82) is 0 Å². The van der Waals surface area contributed by atoms with Gasteiger partial charge in [-0.3, -0.25) is 9.80 Å². The summed E-state index contributed by atoms with van der Waals surface area (Å²) in [6, 6.07) is 1.47. The molecule has 0 aromatic carbocycles. The highest BCUT2D eigenvalue weighted by atomic mass is 15.3. The van der Waals surface area contributed by atoms with Crippen LogP contribution in [0.1, 0.15) is 39.5 Å². The Balaban J connectivity index is 1.82. The Bertz CT molecular complexity index is 218. The van der Waals surface area contributed by atoms with Crippen LogP contribution in [-0.2, 0) is 0 Å². The fourth-order valence-corrected chi connectivity index (χ4v) is 3.28. The van der Waals surface area contributed by atoms with Crippen LogP contribution in [0.15, 0.2) is 0 Å². The van der Waals surface area contributed by atoms with Crippen LogP contribution in [0.5, 0.6) is 0 Å². The lowest BCUT2D eigenvalue weighted by Gasteiger charge is -2.34. The molecule has 3 atom stereocenters. The van der Waals surface area contributed by atoms with Gasteiger partial charge in [-0.2, -0.15) is 0 Å². The first-order valence-corrected chi connectivity index (χ1v) is 7.40. The molecule has 0 aromatic rings. The molecule has 2 aliphatic rings. The molecule has 2 rings (SSSR count). The van der Waals surface area contributed by atoms with Crippen molar-refractivity contribution in [2.75, 3.05) is 32.7 Å². The molecular weight excluding hydrogens is 210 g/mol. The minimum Gasteiger partial charge on any atom is -0.330 e. The van der Waals surface area contributed by atoms with Crippen molar-refractivity contribution < 1.29 is 0 Å². The minimum absolute atomic E-state index is 0.620. The fraction of sp³-hybridized carbons (Fsp3) is 1.00. The van der Waals surface area contributed by atoms with Gasteiger partial charge in [0.15, 0.2) is 0 Å². The van der Waals surface area contributed by atoms with Gasteiger partial charge in [0.25, 0.3) is 0 Å². The number of piperidine rings is 1. The lowest BCUT2D eigenvalue weighted by atomic mass is 10.0. The lowest BCUT2D eigenvalue weighted by Crippen LogP contribution is -2.44. The van der Waals surface area contributed by atoms with Crippen molar-refractivity contribution >= 4 is 0 Å². The highest BCUT2D eigenvalue weighted by Gasteiger charge is 2.31. The largest absolute Gasteiger partial charge is 0.330 e. The van der Waals surface area contributed by atoms with E-state index in [4.69, 9.17) is 5.73 Å². The zero-order chi connectivity index (χ0) is 12.3. The summed E-state index contributed by atoms with van der Waals surface area (Å²) in [5.41, 5.74) is 5.78. The highest BCUT2D eigenvalue weighted by Crippen LogP contribution is 2.23. The molecule has 2 fully saturated rings. The predicted octanol–water partition coefficient (Wildman–Crippen LogP) is 1.53. The zero-order valence-electron chi connectivity index (χ0n) is 11.6. The van der Waals surface area contributed by atoms with Crippen molar-refractivity contribution in [3.63, 3.8) is 0 Å². The second-order valence-electron chi connectivity index (χ2n) is 5.99. The van der Waals surface area contributed by atoms with E-state index >= 15 is 0 Å². The molecule has 0 saturated carbocycles. The Hall–Kier alpha value is -0.120. The minimum atomic E-state index is 0.620. The number of nitrogens with zero attached hydrogens (tertiary/aromatic N) is 2. The summed E-state index contributed by atoms with van der Waals surface area (Å²) in [6.07, 6.45) is 5.62. The second kappa shape index (κ2) is 6.17. The predicted molar refractivity (Wildman–Crippen MR) is 73.1 cm³/mol. The number of likely N-dealkylation sites (tertiary alicyclic amines) is 2. The van der Waals surface area contributed by atoms with Gasteiger partial charge >= 0.3 is 0 Å². The zero-order valence-corrected chi connectivity index (χ0v) is 11.6. The van der Waals surface area contributed by atoms with E-state index in [1.165, 1.54) is 51.9 Å². The van der Waals surface area contributed by atoms with Crippen LogP contribution in [0.2, 0.25) is 0 Å². The molecule has 3 nitrogen and oxygen atoms in total. The molecule has 2 saturated heterocycles. The van der Waals surface area contributed by atoms with E-state index in [-0.39, 0.29) is 0 Å². The smallest absolute Gasteiger partial charge is 0.0235 e. The molecule has 0 aliphatic carbocycles. The Morgan fingerprint density at radius 2 is 1.82 bits per heavy atom. The SMILES string of the molecule is CC(CN)C(C)N1CCC(N2CCCCC2)C1. The molecule has 0 aromatic heterocycles. The third-order valence-electron chi connectivity index (χ3n) is 4.87. The van der Waals surface area contributed by atoms with Gasteiger partial charge in [0.05, 0.1) is 0 Å². The van der Waals surface area contributed by atoms with Crippen LogP contribution in [0, 0.1) is 5.92 Å². The van der Waals surface area contributed by atoms with Crippen molar-refractivity contribution in [2.45, 2.75) is 51.6 Å². The summed E-state index contributed by atoms with van der Waals surface area (Å²) >= 11 is 0. The molecule has 0 radical (unpaired) electrons. The van der Waals surface area contributed by atoms with Crippen LogP contribution in [0.4, 0.5) is 0 Å². The third kappa shape index (κ3) is 3.21. The quantitative estimate of drug-likeness (QED) is 0.807. The van der Waals surface area contributed by atoms with Gasteiger partial charge in [0.1, 0.15) is 0 Å². The van der Waals surface area contributed by atoms with Crippen LogP contribution in [-0.4, -0.2) is 54.6 Å². The molecule has 3 heteroatoms. The average molecular weight is 239 g/mol. The van der Waals surface area contributed by atoms with Crippen molar-refractivity contribution in [1.82, 2.24) is 9.80 Å². The van der Waals surface area contributed by atoms with Gasteiger partial charge in [-0.25, -0.2) is 0 Å². The van der Waals surface area contributed by atoms with E-state index in [1.54, 1.807) is 0 Å². The summed E-state index contributed by atoms with van der Waals surface area (Å²) in [7, 11) is 0. The summed E-state index contributed by atoms with van der Waals surface area (Å²) in [6.45, 7) is 10.6. The molecule has 3 unspecified atom stereocenters. The van der Waals surface area contributed by atoms with Gasteiger partial charge in [-0.1, -0.05) is 13.3 Å². The van der Waals surface area contributed by atoms with Gasteiger partial charge in [0, 0.05) is 25.2 Å². The first-order chi connectivity index (χ1) is 8.22. The molecular formula is C14H29N3. The number of nitrogens with two attached hydrogens (primary N) is 1. The molecule has 0 spiro atoms. The van der Waals surface area contributed by atoms with E-state index in [0.717, 1.165) is 12.6 Å². The van der Waals surface area contributed by atoms with Crippen LogP contribution < -0.4 is 5.73 Å². The third-order valence-corrected chi connectivity index (χ3v) is 4.87. The highest BCUT2D eigenvalue weighted by molar-refractivity contribution is 4.88. The maximum Gasteiger partial charge on any atom is 0.0235 e. The van der Waals surface area contributed by atoms with E-state index < -0.39 is 0 Å². The lowest BCUT2D eigenvalue weighted by molar-refractivity contribution is 0.143. The first kappa shape index (κ1) is 13.3. The summed E-state index contributed by atoms with van der Waals surface area (Å²) in [5, 5.41) is 0. The molecule has 2 heterocycles. The maximum atomic E-state index is 5.78.